The Labute approximate surface area is 191 Å². The average molecular weight is 464 g/mol. The highest BCUT2D eigenvalue weighted by molar-refractivity contribution is 7.85. The van der Waals surface area contributed by atoms with Crippen LogP contribution in [0.2, 0.25) is 5.02 Å². The van der Waals surface area contributed by atoms with Gasteiger partial charge in [0.1, 0.15) is 10.7 Å². The van der Waals surface area contributed by atoms with Crippen molar-refractivity contribution in [2.75, 3.05) is 53.7 Å². The lowest BCUT2D eigenvalue weighted by Crippen LogP contribution is -2.47. The molecule has 2 aliphatic rings. The van der Waals surface area contributed by atoms with Crippen LogP contribution in [0.5, 0.6) is 0 Å². The molecule has 1 aromatic carbocycles. The molecule has 3 heterocycles. The van der Waals surface area contributed by atoms with Gasteiger partial charge in [-0.05, 0) is 36.6 Å². The summed E-state index contributed by atoms with van der Waals surface area (Å²) in [6.45, 7) is 9.44. The van der Waals surface area contributed by atoms with Gasteiger partial charge in [-0.15, -0.1) is 0 Å². The minimum absolute atomic E-state index is 0.00239. The first-order valence-electron chi connectivity index (χ1n) is 10.8. The van der Waals surface area contributed by atoms with Gasteiger partial charge < -0.3 is 20.2 Å². The molecule has 0 spiro atoms. The van der Waals surface area contributed by atoms with Crippen LogP contribution in [0.1, 0.15) is 25.1 Å². The second-order valence-electron chi connectivity index (χ2n) is 8.53. The summed E-state index contributed by atoms with van der Waals surface area (Å²) in [5, 5.41) is 13.9. The van der Waals surface area contributed by atoms with Crippen molar-refractivity contribution in [2.24, 2.45) is 5.92 Å². The number of halogens is 1. The van der Waals surface area contributed by atoms with Gasteiger partial charge >= 0.3 is 0 Å². The van der Waals surface area contributed by atoms with Gasteiger partial charge in [-0.1, -0.05) is 25.4 Å². The molecule has 0 bridgehead atoms. The molecule has 4 rings (SSSR count). The molecule has 2 N–H and O–H groups in total. The average Bonchev–Trinajstić information content (AvgIpc) is 3.14. The zero-order chi connectivity index (χ0) is 22.1. The molecule has 0 amide bonds. The van der Waals surface area contributed by atoms with Gasteiger partial charge in [-0.25, -0.2) is 4.98 Å². The summed E-state index contributed by atoms with van der Waals surface area (Å²) in [6, 6.07) is 6.00. The third-order valence-corrected chi connectivity index (χ3v) is 7.95. The molecule has 31 heavy (non-hydrogen) atoms. The molecule has 2 atom stereocenters. The van der Waals surface area contributed by atoms with Gasteiger partial charge in [-0.2, -0.15) is 4.98 Å². The lowest BCUT2D eigenvalue weighted by atomic mass is 10.1. The van der Waals surface area contributed by atoms with E-state index in [2.05, 4.69) is 27.2 Å². The zero-order valence-electron chi connectivity index (χ0n) is 18.3. The topological polar surface area (TPSA) is 81.6 Å². The second kappa shape index (κ2) is 9.30. The van der Waals surface area contributed by atoms with E-state index in [1.165, 1.54) is 5.69 Å². The number of aromatic nitrogens is 2. The Kier molecular flexibility index (Phi) is 6.69. The number of rotatable bonds is 6. The van der Waals surface area contributed by atoms with Crippen LogP contribution in [0.3, 0.4) is 0 Å². The van der Waals surface area contributed by atoms with Crippen molar-refractivity contribution in [3.05, 3.63) is 34.5 Å². The lowest BCUT2D eigenvalue weighted by Gasteiger charge is -2.36. The van der Waals surface area contributed by atoms with Crippen LogP contribution in [0.4, 0.5) is 17.5 Å². The number of aliphatic hydroxyl groups excluding tert-OH is 1. The minimum atomic E-state index is -1.10. The SMILES string of the molecule is Cc1cc(N2CCN(c3nc4c(c(N[C@@H](CO)C(C)C)n3)S(=O)CC4)CC2)ccc1Cl. The van der Waals surface area contributed by atoms with E-state index in [0.29, 0.717) is 28.8 Å². The normalized spacial score (nSPS) is 19.6. The van der Waals surface area contributed by atoms with E-state index in [1.807, 2.05) is 26.8 Å². The monoisotopic (exact) mass is 463 g/mol. The molecule has 168 valence electrons. The van der Waals surface area contributed by atoms with E-state index in [-0.39, 0.29) is 18.6 Å². The van der Waals surface area contributed by atoms with E-state index < -0.39 is 10.8 Å². The second-order valence-corrected chi connectivity index (χ2v) is 10.4. The Bertz CT molecular complexity index is 979. The number of hydrogen-bond donors (Lipinski definition) is 2. The summed E-state index contributed by atoms with van der Waals surface area (Å²) < 4.78 is 12.6. The van der Waals surface area contributed by atoms with Crippen LogP contribution in [0.25, 0.3) is 0 Å². The fraction of sp³-hybridized carbons (Fsp3) is 0.545. The smallest absolute Gasteiger partial charge is 0.227 e. The summed E-state index contributed by atoms with van der Waals surface area (Å²) in [6.07, 6.45) is 0.696. The summed E-state index contributed by atoms with van der Waals surface area (Å²) in [4.78, 5) is 14.8. The molecule has 2 aliphatic heterocycles. The predicted molar refractivity (Wildman–Crippen MR) is 127 cm³/mol. The van der Waals surface area contributed by atoms with E-state index in [0.717, 1.165) is 42.5 Å². The third kappa shape index (κ3) is 4.66. The lowest BCUT2D eigenvalue weighted by molar-refractivity contribution is 0.249. The quantitative estimate of drug-likeness (QED) is 0.681. The van der Waals surface area contributed by atoms with Crippen molar-refractivity contribution < 1.29 is 9.32 Å². The molecule has 1 fully saturated rings. The molecule has 2 aromatic rings. The van der Waals surface area contributed by atoms with Crippen molar-refractivity contribution in [2.45, 2.75) is 38.1 Å². The highest BCUT2D eigenvalue weighted by Gasteiger charge is 2.29. The van der Waals surface area contributed by atoms with Crippen LogP contribution in [-0.4, -0.2) is 63.9 Å². The summed E-state index contributed by atoms with van der Waals surface area (Å²) in [5.74, 6) is 2.09. The number of hydrogen-bond acceptors (Lipinski definition) is 7. The van der Waals surface area contributed by atoms with Crippen molar-refractivity contribution >= 4 is 39.9 Å². The van der Waals surface area contributed by atoms with Crippen molar-refractivity contribution in [1.29, 1.82) is 0 Å². The fourth-order valence-corrected chi connectivity index (χ4v) is 5.44. The van der Waals surface area contributed by atoms with E-state index in [4.69, 9.17) is 21.6 Å². The van der Waals surface area contributed by atoms with E-state index in [1.54, 1.807) is 0 Å². The van der Waals surface area contributed by atoms with Gasteiger partial charge in [0.2, 0.25) is 5.95 Å². The number of fused-ring (bicyclic) bond motifs is 1. The molecule has 0 saturated carbocycles. The number of aryl methyl sites for hydroxylation is 2. The van der Waals surface area contributed by atoms with Gasteiger partial charge in [0.25, 0.3) is 0 Å². The van der Waals surface area contributed by atoms with Crippen molar-refractivity contribution in [1.82, 2.24) is 9.97 Å². The third-order valence-electron chi connectivity index (χ3n) is 6.07. The first kappa shape index (κ1) is 22.3. The number of nitrogens with one attached hydrogen (secondary N) is 1. The van der Waals surface area contributed by atoms with Crippen LogP contribution in [0.15, 0.2) is 23.1 Å². The number of anilines is 3. The molecule has 1 unspecified atom stereocenters. The number of nitrogens with zero attached hydrogens (tertiary/aromatic N) is 4. The maximum absolute atomic E-state index is 12.6. The minimum Gasteiger partial charge on any atom is -0.394 e. The highest BCUT2D eigenvalue weighted by Crippen LogP contribution is 2.31. The Morgan fingerprint density at radius 2 is 1.90 bits per heavy atom. The van der Waals surface area contributed by atoms with Crippen molar-refractivity contribution in [3.8, 4) is 0 Å². The van der Waals surface area contributed by atoms with Crippen LogP contribution in [-0.2, 0) is 17.2 Å². The fourth-order valence-electron chi connectivity index (χ4n) is 4.01. The summed E-state index contributed by atoms with van der Waals surface area (Å²) >= 11 is 6.17. The van der Waals surface area contributed by atoms with Crippen LogP contribution < -0.4 is 15.1 Å². The standard InChI is InChI=1S/C22H30ClN5O2S/c1-14(2)19(13-29)24-21-20-18(6-11-31(20)30)25-22(26-21)28-9-7-27(8-10-28)16-4-5-17(23)15(3)12-16/h4-5,12,14,19,29H,6-11,13H2,1-3H3,(H,24,25,26)/t19-,31?/m0/s1. The van der Waals surface area contributed by atoms with E-state index in [9.17, 15) is 9.32 Å². The van der Waals surface area contributed by atoms with Gasteiger partial charge in [0.15, 0.2) is 0 Å². The summed E-state index contributed by atoms with van der Waals surface area (Å²) in [5.41, 5.74) is 3.12. The largest absolute Gasteiger partial charge is 0.394 e. The maximum Gasteiger partial charge on any atom is 0.227 e. The predicted octanol–water partition coefficient (Wildman–Crippen LogP) is 2.86. The molecule has 1 saturated heterocycles. The van der Waals surface area contributed by atoms with E-state index >= 15 is 0 Å². The molecular weight excluding hydrogens is 434 g/mol. The molecule has 7 nitrogen and oxygen atoms in total. The Morgan fingerprint density at radius 1 is 1.19 bits per heavy atom. The Morgan fingerprint density at radius 3 is 2.55 bits per heavy atom. The van der Waals surface area contributed by atoms with Crippen LogP contribution >= 0.6 is 11.6 Å². The molecule has 0 radical (unpaired) electrons. The Hall–Kier alpha value is -1.90. The maximum atomic E-state index is 12.6. The van der Waals surface area contributed by atoms with Gasteiger partial charge in [0, 0.05) is 49.1 Å². The zero-order valence-corrected chi connectivity index (χ0v) is 19.8. The van der Waals surface area contributed by atoms with Gasteiger partial charge in [0.05, 0.1) is 29.1 Å². The van der Waals surface area contributed by atoms with Crippen LogP contribution in [0, 0.1) is 12.8 Å². The van der Waals surface area contributed by atoms with Gasteiger partial charge in [-0.3, -0.25) is 4.21 Å². The highest BCUT2D eigenvalue weighted by atomic mass is 35.5. The molecule has 9 heteroatoms. The first-order chi connectivity index (χ1) is 14.9. The molecule has 0 aliphatic carbocycles. The molecular formula is C22H30ClN5O2S. The number of benzene rings is 1. The first-order valence-corrected chi connectivity index (χ1v) is 12.5. The Balaban J connectivity index is 1.54. The number of aliphatic hydroxyl groups is 1. The number of piperazine rings is 1. The van der Waals surface area contributed by atoms with Crippen molar-refractivity contribution in [3.63, 3.8) is 0 Å². The summed E-state index contributed by atoms with van der Waals surface area (Å²) in [7, 11) is -1.10. The molecule has 1 aromatic heterocycles.